The molecule has 1 aromatic rings. The fraction of sp³-hybridized carbons (Fsp3) is 0.571. The van der Waals surface area contributed by atoms with Crippen molar-refractivity contribution in [2.75, 3.05) is 19.7 Å². The summed E-state index contributed by atoms with van der Waals surface area (Å²) in [6.45, 7) is 2.84. The molecule has 1 heterocycles. The molecule has 1 spiro atoms. The standard InChI is InChI=1S/C21H29N3O4/c1-16-9-5-6-12-21(16)19(26)24(20(27)23-21)15-18(25)22-13-7-8-14-28-17-10-3-2-4-11-17/h2-4,10-11,16H,5-9,12-15H2,1H3,(H,22,25)(H,23,27)/t16-,21+/m0/s1. The fourth-order valence-corrected chi connectivity index (χ4v) is 4.00. The number of unbranched alkanes of at least 4 members (excludes halogenated alkanes) is 1. The van der Waals surface area contributed by atoms with E-state index in [1.165, 1.54) is 0 Å². The second-order valence-electron chi connectivity index (χ2n) is 7.66. The molecule has 28 heavy (non-hydrogen) atoms. The molecule has 4 amide bonds. The first-order valence-electron chi connectivity index (χ1n) is 10.1. The van der Waals surface area contributed by atoms with E-state index in [-0.39, 0.29) is 24.3 Å². The highest BCUT2D eigenvalue weighted by Gasteiger charge is 2.55. The van der Waals surface area contributed by atoms with Crippen LogP contribution >= 0.6 is 0 Å². The molecule has 152 valence electrons. The molecule has 0 radical (unpaired) electrons. The monoisotopic (exact) mass is 387 g/mol. The molecule has 0 unspecified atom stereocenters. The first-order valence-corrected chi connectivity index (χ1v) is 10.1. The largest absolute Gasteiger partial charge is 0.494 e. The van der Waals surface area contributed by atoms with Gasteiger partial charge in [0, 0.05) is 6.54 Å². The molecule has 7 nitrogen and oxygen atoms in total. The Labute approximate surface area is 165 Å². The maximum absolute atomic E-state index is 12.8. The summed E-state index contributed by atoms with van der Waals surface area (Å²) >= 11 is 0. The lowest BCUT2D eigenvalue weighted by Crippen LogP contribution is -2.54. The lowest BCUT2D eigenvalue weighted by atomic mass is 9.73. The number of hydrogen-bond acceptors (Lipinski definition) is 4. The van der Waals surface area contributed by atoms with Crippen LogP contribution in [-0.2, 0) is 9.59 Å². The zero-order valence-electron chi connectivity index (χ0n) is 16.4. The molecule has 1 aliphatic heterocycles. The van der Waals surface area contributed by atoms with Crippen molar-refractivity contribution in [3.8, 4) is 5.75 Å². The third-order valence-electron chi connectivity index (χ3n) is 5.71. The van der Waals surface area contributed by atoms with E-state index in [2.05, 4.69) is 10.6 Å². The van der Waals surface area contributed by atoms with E-state index >= 15 is 0 Å². The van der Waals surface area contributed by atoms with Gasteiger partial charge in [0.2, 0.25) is 5.91 Å². The lowest BCUT2D eigenvalue weighted by Gasteiger charge is -2.36. The number of nitrogens with zero attached hydrogens (tertiary/aromatic N) is 1. The van der Waals surface area contributed by atoms with Crippen LogP contribution < -0.4 is 15.4 Å². The highest BCUT2D eigenvalue weighted by Crippen LogP contribution is 2.38. The number of urea groups is 1. The predicted molar refractivity (Wildman–Crippen MR) is 105 cm³/mol. The van der Waals surface area contributed by atoms with Crippen LogP contribution in [0.15, 0.2) is 30.3 Å². The highest BCUT2D eigenvalue weighted by atomic mass is 16.5. The van der Waals surface area contributed by atoms with Crippen LogP contribution in [0, 0.1) is 5.92 Å². The number of amides is 4. The van der Waals surface area contributed by atoms with Gasteiger partial charge in [-0.1, -0.05) is 38.0 Å². The van der Waals surface area contributed by atoms with Crippen molar-refractivity contribution in [1.29, 1.82) is 0 Å². The molecular weight excluding hydrogens is 358 g/mol. The maximum atomic E-state index is 12.8. The molecular formula is C21H29N3O4. The second kappa shape index (κ2) is 9.08. The van der Waals surface area contributed by atoms with Gasteiger partial charge in [-0.2, -0.15) is 0 Å². The van der Waals surface area contributed by atoms with E-state index in [0.29, 0.717) is 19.6 Å². The van der Waals surface area contributed by atoms with Crippen LogP contribution in [0.5, 0.6) is 5.75 Å². The van der Waals surface area contributed by atoms with Gasteiger partial charge < -0.3 is 15.4 Å². The zero-order chi connectivity index (χ0) is 20.0. The molecule has 1 saturated heterocycles. The normalized spacial score (nSPS) is 24.3. The molecule has 0 aromatic heterocycles. The Morgan fingerprint density at radius 1 is 1.25 bits per heavy atom. The molecule has 0 bridgehead atoms. The summed E-state index contributed by atoms with van der Waals surface area (Å²) in [4.78, 5) is 38.4. The van der Waals surface area contributed by atoms with Crippen LogP contribution in [0.3, 0.4) is 0 Å². The summed E-state index contributed by atoms with van der Waals surface area (Å²) in [7, 11) is 0. The molecule has 7 heteroatoms. The molecule has 3 rings (SSSR count). The highest BCUT2D eigenvalue weighted by molar-refractivity contribution is 6.09. The average Bonchev–Trinajstić information content (AvgIpc) is 2.93. The zero-order valence-corrected chi connectivity index (χ0v) is 16.4. The number of para-hydroxylation sites is 1. The van der Waals surface area contributed by atoms with Gasteiger partial charge in [0.15, 0.2) is 0 Å². The lowest BCUT2D eigenvalue weighted by molar-refractivity contribution is -0.137. The van der Waals surface area contributed by atoms with Crippen molar-refractivity contribution in [2.24, 2.45) is 5.92 Å². The van der Waals surface area contributed by atoms with Gasteiger partial charge in [0.25, 0.3) is 5.91 Å². The average molecular weight is 387 g/mol. The van der Waals surface area contributed by atoms with Crippen molar-refractivity contribution in [3.63, 3.8) is 0 Å². The summed E-state index contributed by atoms with van der Waals surface area (Å²) in [6, 6.07) is 9.13. The SMILES string of the molecule is C[C@H]1CCCC[C@@]12NC(=O)N(CC(=O)NCCCCOc1ccccc1)C2=O. The van der Waals surface area contributed by atoms with Crippen molar-refractivity contribution in [3.05, 3.63) is 30.3 Å². The Morgan fingerprint density at radius 2 is 2.04 bits per heavy atom. The van der Waals surface area contributed by atoms with Crippen LogP contribution in [-0.4, -0.2) is 48.0 Å². The molecule has 2 atom stereocenters. The smallest absolute Gasteiger partial charge is 0.325 e. The number of imide groups is 1. The number of nitrogens with one attached hydrogen (secondary N) is 2. The van der Waals surface area contributed by atoms with Gasteiger partial charge in [-0.15, -0.1) is 0 Å². The number of carbonyl (C=O) groups is 3. The van der Waals surface area contributed by atoms with E-state index in [0.717, 1.165) is 42.8 Å². The van der Waals surface area contributed by atoms with Crippen LogP contribution in [0.4, 0.5) is 4.79 Å². The van der Waals surface area contributed by atoms with Gasteiger partial charge in [-0.3, -0.25) is 14.5 Å². The Balaban J connectivity index is 1.37. The van der Waals surface area contributed by atoms with Crippen LogP contribution in [0.2, 0.25) is 0 Å². The van der Waals surface area contributed by atoms with E-state index in [4.69, 9.17) is 4.74 Å². The quantitative estimate of drug-likeness (QED) is 0.530. The van der Waals surface area contributed by atoms with Crippen molar-refractivity contribution in [1.82, 2.24) is 15.5 Å². The molecule has 1 aliphatic carbocycles. The molecule has 1 saturated carbocycles. The first-order chi connectivity index (χ1) is 13.5. The Bertz CT molecular complexity index is 709. The molecule has 2 N–H and O–H groups in total. The minimum Gasteiger partial charge on any atom is -0.494 e. The third kappa shape index (κ3) is 4.46. The van der Waals surface area contributed by atoms with E-state index in [1.807, 2.05) is 37.3 Å². The Kier molecular flexibility index (Phi) is 6.54. The number of ether oxygens (including phenoxy) is 1. The van der Waals surface area contributed by atoms with Gasteiger partial charge in [0.05, 0.1) is 6.61 Å². The van der Waals surface area contributed by atoms with Crippen molar-refractivity contribution < 1.29 is 19.1 Å². The summed E-state index contributed by atoms with van der Waals surface area (Å²) in [6.07, 6.45) is 5.12. The first kappa shape index (κ1) is 20.2. The number of benzene rings is 1. The number of rotatable bonds is 8. The minimum absolute atomic E-state index is 0.0929. The fourth-order valence-electron chi connectivity index (χ4n) is 4.00. The van der Waals surface area contributed by atoms with Gasteiger partial charge in [0.1, 0.15) is 17.8 Å². The number of carbonyl (C=O) groups excluding carboxylic acids is 3. The summed E-state index contributed by atoms with van der Waals surface area (Å²) in [5.41, 5.74) is -0.815. The number of hydrogen-bond donors (Lipinski definition) is 2. The van der Waals surface area contributed by atoms with Gasteiger partial charge in [-0.25, -0.2) is 4.79 Å². The van der Waals surface area contributed by atoms with Crippen molar-refractivity contribution in [2.45, 2.75) is 51.0 Å². The second-order valence-corrected chi connectivity index (χ2v) is 7.66. The predicted octanol–water partition coefficient (Wildman–Crippen LogP) is 2.46. The summed E-state index contributed by atoms with van der Waals surface area (Å²) in [5, 5.41) is 5.65. The minimum atomic E-state index is -0.815. The van der Waals surface area contributed by atoms with Crippen LogP contribution in [0.1, 0.15) is 45.4 Å². The van der Waals surface area contributed by atoms with Crippen molar-refractivity contribution >= 4 is 17.8 Å². The van der Waals surface area contributed by atoms with E-state index in [9.17, 15) is 14.4 Å². The van der Waals surface area contributed by atoms with E-state index in [1.54, 1.807) is 0 Å². The van der Waals surface area contributed by atoms with Gasteiger partial charge in [-0.05, 0) is 43.7 Å². The molecule has 2 fully saturated rings. The van der Waals surface area contributed by atoms with Gasteiger partial charge >= 0.3 is 6.03 Å². The third-order valence-corrected chi connectivity index (χ3v) is 5.71. The van der Waals surface area contributed by atoms with E-state index < -0.39 is 11.6 Å². The maximum Gasteiger partial charge on any atom is 0.325 e. The Morgan fingerprint density at radius 3 is 2.79 bits per heavy atom. The molecule has 2 aliphatic rings. The van der Waals surface area contributed by atoms with Crippen LogP contribution in [0.25, 0.3) is 0 Å². The summed E-state index contributed by atoms with van der Waals surface area (Å²) in [5.74, 6) is 0.357. The Hall–Kier alpha value is -2.57. The summed E-state index contributed by atoms with van der Waals surface area (Å²) < 4.78 is 5.60. The molecule has 1 aromatic carbocycles. The topological polar surface area (TPSA) is 87.7 Å².